The van der Waals surface area contributed by atoms with Crippen LogP contribution in [0.1, 0.15) is 90.5 Å². The highest BCUT2D eigenvalue weighted by molar-refractivity contribution is 5.67. The van der Waals surface area contributed by atoms with Crippen LogP contribution in [0.2, 0.25) is 0 Å². The van der Waals surface area contributed by atoms with Gasteiger partial charge in [0.05, 0.1) is 0 Å². The van der Waals surface area contributed by atoms with E-state index in [4.69, 9.17) is 4.74 Å². The topological polar surface area (TPSA) is 42.4 Å². The molecule has 4 aliphatic carbocycles. The van der Waals surface area contributed by atoms with Crippen LogP contribution in [0.3, 0.4) is 0 Å². The molecule has 0 saturated heterocycles. The van der Waals surface area contributed by atoms with Crippen molar-refractivity contribution >= 4 is 6.09 Å². The maximum absolute atomic E-state index is 12.4. The Hall–Kier alpha value is -1.58. The molecule has 32 heavy (non-hydrogen) atoms. The molecule has 1 aromatic heterocycles. The van der Waals surface area contributed by atoms with Gasteiger partial charge in [-0.05, 0) is 138 Å². The summed E-state index contributed by atoms with van der Waals surface area (Å²) in [5.74, 6) is 3.64. The van der Waals surface area contributed by atoms with E-state index in [2.05, 4.69) is 23.5 Å². The van der Waals surface area contributed by atoms with Gasteiger partial charge in [0, 0.05) is 26.0 Å². The molecule has 1 aromatic rings. The number of aromatic nitrogens is 1. The number of hydrogen-bond donors (Lipinski definition) is 0. The summed E-state index contributed by atoms with van der Waals surface area (Å²) in [5, 5.41) is 0. The predicted octanol–water partition coefficient (Wildman–Crippen LogP) is 6.89. The minimum Gasteiger partial charge on any atom is -0.444 e. The van der Waals surface area contributed by atoms with Gasteiger partial charge in [-0.3, -0.25) is 4.98 Å². The fraction of sp³-hybridized carbons (Fsp3) is 0.750. The van der Waals surface area contributed by atoms with Crippen LogP contribution in [0, 0.1) is 35.5 Å². The predicted molar refractivity (Wildman–Crippen MR) is 129 cm³/mol. The van der Waals surface area contributed by atoms with Crippen LogP contribution in [0.5, 0.6) is 0 Å². The summed E-state index contributed by atoms with van der Waals surface area (Å²) >= 11 is 0. The van der Waals surface area contributed by atoms with E-state index in [1.165, 1.54) is 56.9 Å². The number of carbonyl (C=O) groups is 1. The van der Waals surface area contributed by atoms with Crippen LogP contribution in [0.25, 0.3) is 0 Å². The van der Waals surface area contributed by atoms with Gasteiger partial charge in [0.15, 0.2) is 0 Å². The van der Waals surface area contributed by atoms with Crippen LogP contribution in [0.15, 0.2) is 24.5 Å². The molecule has 0 aromatic carbocycles. The van der Waals surface area contributed by atoms with Crippen molar-refractivity contribution in [3.63, 3.8) is 0 Å². The molecule has 5 rings (SSSR count). The van der Waals surface area contributed by atoms with E-state index >= 15 is 0 Å². The molecule has 0 spiro atoms. The van der Waals surface area contributed by atoms with Gasteiger partial charge in [-0.15, -0.1) is 0 Å². The van der Waals surface area contributed by atoms with Crippen LogP contribution in [-0.2, 0) is 4.74 Å². The normalized spacial score (nSPS) is 29.7. The third-order valence-electron chi connectivity index (χ3n) is 8.22. The Kier molecular flexibility index (Phi) is 7.17. The maximum atomic E-state index is 12.4. The first kappa shape index (κ1) is 23.6. The lowest BCUT2D eigenvalue weighted by Gasteiger charge is -2.57. The highest BCUT2D eigenvalue weighted by atomic mass is 16.6. The standard InChI is InChI=1S/C28H43N2O2/c1-27(2,3)32-26(31)30(4)14-10-21(5-6-22-8-12-29-13-9-22)7-11-28-18-23-15-24(19-28)17-25(16-23)20-28/h6,8-9,12-13,21,23-25H,5,7,10-11,14-20H2,1-4H3. The van der Waals surface area contributed by atoms with Crippen molar-refractivity contribution in [3.05, 3.63) is 36.5 Å². The van der Waals surface area contributed by atoms with Gasteiger partial charge in [0.2, 0.25) is 0 Å². The summed E-state index contributed by atoms with van der Waals surface area (Å²) in [4.78, 5) is 18.3. The summed E-state index contributed by atoms with van der Waals surface area (Å²) in [6.45, 7) is 6.54. The minimum atomic E-state index is -0.446. The molecule has 1 radical (unpaired) electrons. The fourth-order valence-corrected chi connectivity index (χ4v) is 7.10. The highest BCUT2D eigenvalue weighted by Crippen LogP contribution is 2.61. The fourth-order valence-electron chi connectivity index (χ4n) is 7.10. The van der Waals surface area contributed by atoms with Gasteiger partial charge < -0.3 is 9.64 Å². The van der Waals surface area contributed by atoms with Crippen molar-refractivity contribution in [2.75, 3.05) is 13.6 Å². The first-order valence-electron chi connectivity index (χ1n) is 12.9. The van der Waals surface area contributed by atoms with E-state index < -0.39 is 5.60 Å². The molecule has 4 aliphatic rings. The Balaban J connectivity index is 1.33. The van der Waals surface area contributed by atoms with Crippen LogP contribution >= 0.6 is 0 Å². The molecule has 1 amide bonds. The van der Waals surface area contributed by atoms with Crippen LogP contribution < -0.4 is 0 Å². The zero-order valence-corrected chi connectivity index (χ0v) is 20.7. The van der Waals surface area contributed by atoms with Crippen molar-refractivity contribution in [1.29, 1.82) is 0 Å². The van der Waals surface area contributed by atoms with E-state index in [-0.39, 0.29) is 6.09 Å². The van der Waals surface area contributed by atoms with Gasteiger partial charge in [-0.2, -0.15) is 0 Å². The number of amides is 1. The summed E-state index contributed by atoms with van der Waals surface area (Å²) in [6.07, 6.45) is 19.6. The molecule has 1 atom stereocenters. The second kappa shape index (κ2) is 9.73. The zero-order valence-electron chi connectivity index (χ0n) is 20.7. The zero-order chi connectivity index (χ0) is 22.8. The Morgan fingerprint density at radius 1 is 1.12 bits per heavy atom. The lowest BCUT2D eigenvalue weighted by atomic mass is 9.48. The summed E-state index contributed by atoms with van der Waals surface area (Å²) < 4.78 is 5.56. The summed E-state index contributed by atoms with van der Waals surface area (Å²) in [7, 11) is 1.87. The molecule has 1 heterocycles. The number of carbonyl (C=O) groups excluding carboxylic acids is 1. The molecule has 4 fully saturated rings. The van der Waals surface area contributed by atoms with Crippen molar-refractivity contribution in [3.8, 4) is 0 Å². The quantitative estimate of drug-likeness (QED) is 0.420. The Morgan fingerprint density at radius 3 is 2.28 bits per heavy atom. The average Bonchev–Trinajstić information content (AvgIpc) is 2.71. The van der Waals surface area contributed by atoms with E-state index in [1.54, 1.807) is 4.90 Å². The number of rotatable bonds is 9. The molecule has 0 N–H and O–H groups in total. The Bertz CT molecular complexity index is 719. The third-order valence-corrected chi connectivity index (χ3v) is 8.22. The molecule has 0 aliphatic heterocycles. The smallest absolute Gasteiger partial charge is 0.410 e. The second-order valence-electron chi connectivity index (χ2n) is 12.2. The van der Waals surface area contributed by atoms with Gasteiger partial charge in [-0.1, -0.05) is 0 Å². The molecule has 4 heteroatoms. The van der Waals surface area contributed by atoms with Crippen LogP contribution in [-0.4, -0.2) is 35.2 Å². The van der Waals surface area contributed by atoms with E-state index in [0.717, 1.165) is 37.1 Å². The molecule has 4 nitrogen and oxygen atoms in total. The van der Waals surface area contributed by atoms with E-state index in [1.807, 2.05) is 40.2 Å². The minimum absolute atomic E-state index is 0.213. The van der Waals surface area contributed by atoms with Crippen LogP contribution in [0.4, 0.5) is 4.79 Å². The molecular formula is C28H43N2O2. The molecule has 1 unspecified atom stereocenters. The maximum Gasteiger partial charge on any atom is 0.410 e. The SMILES string of the molecule is CN(CCC(C[CH]c1ccncc1)CCC12CC3CC(CC(C3)C1)C2)C(=O)OC(C)(C)C. The lowest BCUT2D eigenvalue weighted by Crippen LogP contribution is -2.46. The summed E-state index contributed by atoms with van der Waals surface area (Å²) in [5.41, 5.74) is 1.43. The van der Waals surface area contributed by atoms with E-state index in [9.17, 15) is 4.79 Å². The van der Waals surface area contributed by atoms with E-state index in [0.29, 0.717) is 11.3 Å². The molecule has 177 valence electrons. The van der Waals surface area contributed by atoms with Gasteiger partial charge >= 0.3 is 6.09 Å². The lowest BCUT2D eigenvalue weighted by molar-refractivity contribution is -0.0602. The first-order valence-corrected chi connectivity index (χ1v) is 12.9. The van der Waals surface area contributed by atoms with Crippen molar-refractivity contribution in [2.45, 2.75) is 90.6 Å². The number of hydrogen-bond acceptors (Lipinski definition) is 3. The van der Waals surface area contributed by atoms with Gasteiger partial charge in [-0.25, -0.2) is 4.79 Å². The largest absolute Gasteiger partial charge is 0.444 e. The first-order chi connectivity index (χ1) is 15.2. The third kappa shape index (κ3) is 6.26. The number of ether oxygens (including phenoxy) is 1. The van der Waals surface area contributed by atoms with Gasteiger partial charge in [0.1, 0.15) is 5.60 Å². The molecule has 4 bridgehead atoms. The average molecular weight is 440 g/mol. The number of pyridine rings is 1. The monoisotopic (exact) mass is 439 g/mol. The summed E-state index contributed by atoms with van der Waals surface area (Å²) in [6, 6.07) is 4.17. The molecular weight excluding hydrogens is 396 g/mol. The Labute approximate surface area is 195 Å². The van der Waals surface area contributed by atoms with Crippen molar-refractivity contribution in [1.82, 2.24) is 9.88 Å². The van der Waals surface area contributed by atoms with Crippen molar-refractivity contribution < 1.29 is 9.53 Å². The molecule has 4 saturated carbocycles. The Morgan fingerprint density at radius 2 is 1.72 bits per heavy atom. The van der Waals surface area contributed by atoms with Crippen molar-refractivity contribution in [2.24, 2.45) is 29.1 Å². The second-order valence-corrected chi connectivity index (χ2v) is 12.2. The van der Waals surface area contributed by atoms with Gasteiger partial charge in [0.25, 0.3) is 0 Å². The number of nitrogens with zero attached hydrogens (tertiary/aromatic N) is 2. The highest BCUT2D eigenvalue weighted by Gasteiger charge is 2.50.